The number of hydrogen-bond acceptors (Lipinski definition) is 9. The first-order valence-electron chi connectivity index (χ1n) is 18.2. The van der Waals surface area contributed by atoms with Crippen LogP contribution in [0.2, 0.25) is 0 Å². The van der Waals surface area contributed by atoms with Crippen molar-refractivity contribution in [2.24, 2.45) is 23.2 Å². The summed E-state index contributed by atoms with van der Waals surface area (Å²) in [6, 6.07) is -4.23. The van der Waals surface area contributed by atoms with E-state index < -0.39 is 76.7 Å². The molecule has 14 heteroatoms. The van der Waals surface area contributed by atoms with Crippen molar-refractivity contribution in [2.45, 2.75) is 129 Å². The molecule has 3 saturated carbocycles. The molecule has 0 bridgehead atoms. The van der Waals surface area contributed by atoms with Gasteiger partial charge in [0, 0.05) is 43.2 Å². The molecule has 272 valence electrons. The molecule has 4 N–H and O–H groups in total. The molecule has 1 aliphatic heterocycles. The third-order valence-electron chi connectivity index (χ3n) is 10.6. The van der Waals surface area contributed by atoms with Crippen molar-refractivity contribution in [2.75, 3.05) is 6.54 Å². The number of fused-ring (bicyclic) bond motifs is 1. The van der Waals surface area contributed by atoms with Crippen molar-refractivity contribution in [3.8, 4) is 0 Å². The number of aromatic nitrogens is 2. The van der Waals surface area contributed by atoms with E-state index in [9.17, 15) is 33.6 Å². The smallest absolute Gasteiger partial charge is 0.289 e. The zero-order valence-electron chi connectivity index (χ0n) is 29.5. The number of Topliss-reactive ketones (excluding diaryl/α,β-unsaturated/α-hetero) is 2. The van der Waals surface area contributed by atoms with Gasteiger partial charge in [-0.05, 0) is 49.9 Å². The largest absolute Gasteiger partial charge is 0.347 e. The molecule has 0 unspecified atom stereocenters. The third kappa shape index (κ3) is 8.55. The number of carbonyl (C=O) groups is 7. The van der Waals surface area contributed by atoms with Crippen LogP contribution in [0, 0.1) is 23.2 Å². The van der Waals surface area contributed by atoms with E-state index >= 15 is 0 Å². The Bertz CT molecular complexity index is 1470. The maximum Gasteiger partial charge on any atom is 0.289 e. The Kier molecular flexibility index (Phi) is 11.7. The lowest BCUT2D eigenvalue weighted by atomic mass is 9.82. The average Bonchev–Trinajstić information content (AvgIpc) is 3.72. The molecule has 4 aliphatic rings. The van der Waals surface area contributed by atoms with E-state index in [0.29, 0.717) is 12.8 Å². The van der Waals surface area contributed by atoms with E-state index in [1.54, 1.807) is 20.8 Å². The van der Waals surface area contributed by atoms with Gasteiger partial charge in [-0.3, -0.25) is 38.5 Å². The third-order valence-corrected chi connectivity index (χ3v) is 10.6. The molecule has 3 aliphatic carbocycles. The van der Waals surface area contributed by atoms with Crippen molar-refractivity contribution in [3.63, 3.8) is 0 Å². The zero-order chi connectivity index (χ0) is 36.2. The number of carbonyl (C=O) groups excluding carboxylic acids is 7. The van der Waals surface area contributed by atoms with E-state index in [1.807, 2.05) is 6.92 Å². The van der Waals surface area contributed by atoms with Crippen LogP contribution in [0.1, 0.15) is 109 Å². The van der Waals surface area contributed by atoms with Gasteiger partial charge in [0.25, 0.3) is 11.8 Å². The molecule has 1 aromatic heterocycles. The van der Waals surface area contributed by atoms with E-state index in [2.05, 4.69) is 31.2 Å². The average molecular weight is 694 g/mol. The summed E-state index contributed by atoms with van der Waals surface area (Å²) in [4.78, 5) is 104. The molecule has 2 heterocycles. The van der Waals surface area contributed by atoms with Crippen LogP contribution in [-0.4, -0.2) is 92.7 Å². The van der Waals surface area contributed by atoms with E-state index in [4.69, 9.17) is 0 Å². The van der Waals surface area contributed by atoms with Gasteiger partial charge in [0.1, 0.15) is 29.6 Å². The van der Waals surface area contributed by atoms with Crippen molar-refractivity contribution in [1.82, 2.24) is 36.1 Å². The number of hydrogen-bond donors (Lipinski definition) is 4. The van der Waals surface area contributed by atoms with Crippen LogP contribution in [0.4, 0.5) is 0 Å². The van der Waals surface area contributed by atoms with Crippen molar-refractivity contribution < 1.29 is 33.6 Å². The van der Waals surface area contributed by atoms with Crippen LogP contribution in [0.25, 0.3) is 0 Å². The second-order valence-corrected chi connectivity index (χ2v) is 15.4. The molecular formula is C36H51N7O7. The minimum Gasteiger partial charge on any atom is -0.347 e. The van der Waals surface area contributed by atoms with Gasteiger partial charge in [-0.15, -0.1) is 0 Å². The Morgan fingerprint density at radius 1 is 0.940 bits per heavy atom. The number of ketones is 2. The summed E-state index contributed by atoms with van der Waals surface area (Å²) >= 11 is 0. The van der Waals surface area contributed by atoms with Gasteiger partial charge in [0.15, 0.2) is 0 Å². The van der Waals surface area contributed by atoms with Gasteiger partial charge in [-0.2, -0.15) is 0 Å². The zero-order valence-corrected chi connectivity index (χ0v) is 29.5. The van der Waals surface area contributed by atoms with Crippen LogP contribution in [0.5, 0.6) is 0 Å². The first-order valence-corrected chi connectivity index (χ1v) is 18.2. The Hall–Kier alpha value is -4.23. The van der Waals surface area contributed by atoms with Gasteiger partial charge in [-0.1, -0.05) is 53.4 Å². The topological polar surface area (TPSA) is 197 Å². The Labute approximate surface area is 293 Å². The summed E-state index contributed by atoms with van der Waals surface area (Å²) in [5.74, 6) is -4.87. The fourth-order valence-electron chi connectivity index (χ4n) is 7.67. The standard InChI is InChI=1S/C36H51N7O7/c1-5-9-24(29(45)34(49)39-21-12-13-21)40-33(48)28-22-14-15-26(44)23(22)19-43(28)35(50)30(36(2,3)4)42-32(47)27(20-10-7-6-8-11-20)41-31(46)25-18-37-16-17-38-25/h16-18,20-24,27-28,30H,5-15,19H2,1-4H3,(H,39,49)(H,40,48)(H,41,46)(H,42,47)/t22-,23-,24-,27-,28-,30+/m0/s1. The Morgan fingerprint density at radius 2 is 1.66 bits per heavy atom. The first-order chi connectivity index (χ1) is 23.8. The summed E-state index contributed by atoms with van der Waals surface area (Å²) in [6.45, 7) is 7.25. The summed E-state index contributed by atoms with van der Waals surface area (Å²) in [5.41, 5.74) is -0.764. The molecule has 5 amide bonds. The predicted molar refractivity (Wildman–Crippen MR) is 181 cm³/mol. The van der Waals surface area contributed by atoms with Gasteiger partial charge in [-0.25, -0.2) is 4.98 Å². The van der Waals surface area contributed by atoms with E-state index in [-0.39, 0.29) is 42.8 Å². The highest BCUT2D eigenvalue weighted by Crippen LogP contribution is 2.41. The molecule has 0 aromatic carbocycles. The minimum atomic E-state index is -1.11. The van der Waals surface area contributed by atoms with Crippen LogP contribution in [0.15, 0.2) is 18.6 Å². The lowest BCUT2D eigenvalue weighted by Crippen LogP contribution is -2.62. The summed E-state index contributed by atoms with van der Waals surface area (Å²) < 4.78 is 0. The fourth-order valence-corrected chi connectivity index (χ4v) is 7.67. The lowest BCUT2D eigenvalue weighted by molar-refractivity contribution is -0.146. The van der Waals surface area contributed by atoms with Crippen LogP contribution in [0.3, 0.4) is 0 Å². The molecule has 50 heavy (non-hydrogen) atoms. The van der Waals surface area contributed by atoms with Crippen molar-refractivity contribution in [3.05, 3.63) is 24.3 Å². The maximum absolute atomic E-state index is 14.6. The molecule has 5 rings (SSSR count). The fraction of sp³-hybridized carbons (Fsp3) is 0.694. The number of nitrogens with one attached hydrogen (secondary N) is 4. The molecule has 6 atom stereocenters. The number of nitrogens with zero attached hydrogens (tertiary/aromatic N) is 3. The van der Waals surface area contributed by atoms with Crippen LogP contribution in [-0.2, 0) is 28.8 Å². The molecule has 14 nitrogen and oxygen atoms in total. The van der Waals surface area contributed by atoms with E-state index in [0.717, 1.165) is 44.9 Å². The Morgan fingerprint density at radius 3 is 2.28 bits per heavy atom. The minimum absolute atomic E-state index is 0.00684. The second kappa shape index (κ2) is 15.8. The number of rotatable bonds is 13. The molecule has 1 saturated heterocycles. The van der Waals surface area contributed by atoms with Gasteiger partial charge < -0.3 is 26.2 Å². The SMILES string of the molecule is CCC[C@H](NC(=O)[C@@H]1[C@H]2CCC(=O)[C@H]2CN1C(=O)[C@@H](NC(=O)[C@@H](NC(=O)c1cnccn1)C1CCCCC1)C(C)(C)C)C(=O)C(=O)NC1CC1. The van der Waals surface area contributed by atoms with Gasteiger partial charge in [0.2, 0.25) is 23.5 Å². The van der Waals surface area contributed by atoms with Crippen molar-refractivity contribution in [1.29, 1.82) is 0 Å². The Balaban J connectivity index is 1.38. The molecular weight excluding hydrogens is 642 g/mol. The summed E-state index contributed by atoms with van der Waals surface area (Å²) in [7, 11) is 0. The molecule has 4 fully saturated rings. The lowest BCUT2D eigenvalue weighted by Gasteiger charge is -2.38. The second-order valence-electron chi connectivity index (χ2n) is 15.4. The predicted octanol–water partition coefficient (Wildman–Crippen LogP) is 1.62. The van der Waals surface area contributed by atoms with Crippen LogP contribution >= 0.6 is 0 Å². The quantitative estimate of drug-likeness (QED) is 0.222. The maximum atomic E-state index is 14.6. The highest BCUT2D eigenvalue weighted by Gasteiger charge is 2.55. The summed E-state index contributed by atoms with van der Waals surface area (Å²) in [6.07, 6.45) is 11.5. The molecule has 1 aromatic rings. The van der Waals surface area contributed by atoms with Crippen LogP contribution < -0.4 is 21.3 Å². The highest BCUT2D eigenvalue weighted by molar-refractivity contribution is 6.38. The van der Waals surface area contributed by atoms with E-state index in [1.165, 1.54) is 23.5 Å². The highest BCUT2D eigenvalue weighted by atomic mass is 16.2. The number of likely N-dealkylation sites (tertiary alicyclic amines) is 1. The van der Waals surface area contributed by atoms with Gasteiger partial charge >= 0.3 is 0 Å². The van der Waals surface area contributed by atoms with Crippen molar-refractivity contribution >= 4 is 41.1 Å². The molecule has 0 spiro atoms. The first kappa shape index (κ1) is 37.0. The normalized spacial score (nSPS) is 24.0. The monoisotopic (exact) mass is 693 g/mol. The number of amides is 5. The molecule has 0 radical (unpaired) electrons. The summed E-state index contributed by atoms with van der Waals surface area (Å²) in [5, 5.41) is 11.2. The van der Waals surface area contributed by atoms with Gasteiger partial charge in [0.05, 0.1) is 12.2 Å².